The van der Waals surface area contributed by atoms with Gasteiger partial charge in [0.2, 0.25) is 5.91 Å². The number of rotatable bonds is 5. The Balaban J connectivity index is 1.29. The number of carbonyl (C=O) groups is 1. The molecule has 1 unspecified atom stereocenters. The van der Waals surface area contributed by atoms with Crippen molar-refractivity contribution in [1.29, 1.82) is 0 Å². The minimum atomic E-state index is 0.254. The smallest absolute Gasteiger partial charge is 0.220 e. The number of benzene rings is 1. The van der Waals surface area contributed by atoms with Crippen LogP contribution in [0.4, 0.5) is 0 Å². The van der Waals surface area contributed by atoms with E-state index >= 15 is 0 Å². The van der Waals surface area contributed by atoms with Crippen LogP contribution in [0.25, 0.3) is 0 Å². The maximum Gasteiger partial charge on any atom is 0.220 e. The number of thiophene rings is 1. The van der Waals surface area contributed by atoms with Crippen molar-refractivity contribution >= 4 is 17.2 Å². The van der Waals surface area contributed by atoms with E-state index in [1.807, 2.05) is 11.3 Å². The molecule has 1 aromatic carbocycles. The number of fused-ring (bicyclic) bond motifs is 2. The predicted molar refractivity (Wildman–Crippen MR) is 110 cm³/mol. The molecule has 1 amide bonds. The molecule has 1 aliphatic heterocycles. The molecule has 4 heteroatoms. The van der Waals surface area contributed by atoms with Crippen LogP contribution in [0.15, 0.2) is 41.8 Å². The van der Waals surface area contributed by atoms with Gasteiger partial charge in [0.05, 0.1) is 0 Å². The average Bonchev–Trinajstić information content (AvgIpc) is 3.24. The Morgan fingerprint density at radius 2 is 1.96 bits per heavy atom. The van der Waals surface area contributed by atoms with Crippen LogP contribution in [0, 0.1) is 0 Å². The molecule has 1 atom stereocenters. The summed E-state index contributed by atoms with van der Waals surface area (Å²) >= 11 is 1.86. The van der Waals surface area contributed by atoms with Gasteiger partial charge in [-0.3, -0.25) is 9.69 Å². The van der Waals surface area contributed by atoms with Crippen LogP contribution >= 0.6 is 11.3 Å². The van der Waals surface area contributed by atoms with Gasteiger partial charge in [-0.25, -0.2) is 0 Å². The quantitative estimate of drug-likeness (QED) is 0.832. The number of likely N-dealkylation sites (tertiary alicyclic amines) is 1. The van der Waals surface area contributed by atoms with Crippen LogP contribution in [0.2, 0.25) is 0 Å². The van der Waals surface area contributed by atoms with Gasteiger partial charge in [0.1, 0.15) is 0 Å². The first-order valence-corrected chi connectivity index (χ1v) is 11.2. The van der Waals surface area contributed by atoms with Crippen molar-refractivity contribution in [3.8, 4) is 0 Å². The van der Waals surface area contributed by atoms with Crippen molar-refractivity contribution < 1.29 is 4.79 Å². The van der Waals surface area contributed by atoms with Crippen molar-refractivity contribution in [3.63, 3.8) is 0 Å². The maximum absolute atomic E-state index is 12.4. The fourth-order valence-corrected chi connectivity index (χ4v) is 5.93. The molecule has 1 saturated heterocycles. The largest absolute Gasteiger partial charge is 0.353 e. The minimum absolute atomic E-state index is 0.254. The van der Waals surface area contributed by atoms with Crippen molar-refractivity contribution in [3.05, 3.63) is 57.8 Å². The van der Waals surface area contributed by atoms with Crippen LogP contribution in [0.1, 0.15) is 60.4 Å². The van der Waals surface area contributed by atoms with E-state index in [0.29, 0.717) is 18.4 Å². The molecule has 2 fully saturated rings. The van der Waals surface area contributed by atoms with Crippen molar-refractivity contribution in [1.82, 2.24) is 10.2 Å². The highest BCUT2D eigenvalue weighted by atomic mass is 32.1. The molecule has 1 aromatic heterocycles. The Hall–Kier alpha value is -1.65. The van der Waals surface area contributed by atoms with Gasteiger partial charge in [0, 0.05) is 23.9 Å². The number of carbonyl (C=O) groups excluding carboxylic acids is 1. The third-order valence-electron chi connectivity index (χ3n) is 6.76. The van der Waals surface area contributed by atoms with Crippen LogP contribution < -0.4 is 5.32 Å². The van der Waals surface area contributed by atoms with E-state index in [2.05, 4.69) is 52.0 Å². The molecule has 1 N–H and O–H groups in total. The predicted octanol–water partition coefficient (Wildman–Crippen LogP) is 4.44. The molecular weight excluding hydrogens is 352 g/mol. The molecule has 2 aliphatic carbocycles. The molecule has 2 heterocycles. The topological polar surface area (TPSA) is 32.3 Å². The molecule has 5 rings (SSSR count). The van der Waals surface area contributed by atoms with E-state index < -0.39 is 0 Å². The highest BCUT2D eigenvalue weighted by Crippen LogP contribution is 2.52. The van der Waals surface area contributed by atoms with Gasteiger partial charge < -0.3 is 5.32 Å². The second kappa shape index (κ2) is 7.06. The lowest BCUT2D eigenvalue weighted by Gasteiger charge is -2.40. The molecule has 2 aromatic rings. The SMILES string of the molecule is O=C(CC1CC2(CCN(Cc3cccs3)CC2)c2ccccc21)NC1CC1. The van der Waals surface area contributed by atoms with Gasteiger partial charge in [-0.15, -0.1) is 11.3 Å². The van der Waals surface area contributed by atoms with Gasteiger partial charge in [-0.1, -0.05) is 30.3 Å². The number of hydrogen-bond donors (Lipinski definition) is 1. The second-order valence-electron chi connectivity index (χ2n) is 8.67. The summed E-state index contributed by atoms with van der Waals surface area (Å²) in [6, 6.07) is 13.8. The van der Waals surface area contributed by atoms with Crippen molar-refractivity contribution in [2.24, 2.45) is 0 Å². The zero-order valence-corrected chi connectivity index (χ0v) is 16.6. The first-order chi connectivity index (χ1) is 13.2. The third-order valence-corrected chi connectivity index (χ3v) is 7.62. The van der Waals surface area contributed by atoms with Gasteiger partial charge in [0.15, 0.2) is 0 Å². The normalized spacial score (nSPS) is 24.1. The molecule has 1 spiro atoms. The molecule has 0 bridgehead atoms. The van der Waals surface area contributed by atoms with Gasteiger partial charge in [-0.05, 0) is 79.1 Å². The van der Waals surface area contributed by atoms with Gasteiger partial charge in [0.25, 0.3) is 0 Å². The van der Waals surface area contributed by atoms with Crippen molar-refractivity contribution in [2.45, 2.75) is 62.4 Å². The Labute approximate surface area is 165 Å². The molecule has 1 saturated carbocycles. The van der Waals surface area contributed by atoms with Gasteiger partial charge >= 0.3 is 0 Å². The zero-order chi connectivity index (χ0) is 18.3. The monoisotopic (exact) mass is 380 g/mol. The third kappa shape index (κ3) is 3.57. The van der Waals surface area contributed by atoms with E-state index in [1.165, 1.54) is 28.8 Å². The summed E-state index contributed by atoms with van der Waals surface area (Å²) < 4.78 is 0. The Morgan fingerprint density at radius 1 is 1.15 bits per heavy atom. The van der Waals surface area contributed by atoms with E-state index in [0.717, 1.165) is 38.9 Å². The minimum Gasteiger partial charge on any atom is -0.353 e. The van der Waals surface area contributed by atoms with Crippen LogP contribution in [-0.2, 0) is 16.8 Å². The molecule has 142 valence electrons. The number of nitrogens with one attached hydrogen (secondary N) is 1. The highest BCUT2D eigenvalue weighted by Gasteiger charge is 2.45. The molecule has 3 aliphatic rings. The van der Waals surface area contributed by atoms with Crippen LogP contribution in [0.3, 0.4) is 0 Å². The van der Waals surface area contributed by atoms with E-state index in [-0.39, 0.29) is 11.3 Å². The molecular formula is C23H28N2OS. The molecule has 27 heavy (non-hydrogen) atoms. The number of amides is 1. The van der Waals surface area contributed by atoms with E-state index in [9.17, 15) is 4.79 Å². The molecule has 0 radical (unpaired) electrons. The van der Waals surface area contributed by atoms with E-state index in [1.54, 1.807) is 0 Å². The fourth-order valence-electron chi connectivity index (χ4n) is 5.18. The first-order valence-electron chi connectivity index (χ1n) is 10.4. The summed E-state index contributed by atoms with van der Waals surface area (Å²) in [6.07, 6.45) is 6.58. The zero-order valence-electron chi connectivity index (χ0n) is 15.8. The summed E-state index contributed by atoms with van der Waals surface area (Å²) in [6.45, 7) is 3.41. The standard InChI is InChI=1S/C23H28N2OS/c26-22(24-18-7-8-18)14-17-15-23(21-6-2-1-5-20(17)21)9-11-25(12-10-23)16-19-4-3-13-27-19/h1-6,13,17-18H,7-12,14-16H2,(H,24,26). The Bertz CT molecular complexity index is 804. The first kappa shape index (κ1) is 17.4. The lowest BCUT2D eigenvalue weighted by molar-refractivity contribution is -0.121. The van der Waals surface area contributed by atoms with Gasteiger partial charge in [-0.2, -0.15) is 0 Å². The van der Waals surface area contributed by atoms with E-state index in [4.69, 9.17) is 0 Å². The Morgan fingerprint density at radius 3 is 2.70 bits per heavy atom. The summed E-state index contributed by atoms with van der Waals surface area (Å²) in [5, 5.41) is 5.36. The second-order valence-corrected chi connectivity index (χ2v) is 9.70. The van der Waals surface area contributed by atoms with Crippen molar-refractivity contribution in [2.75, 3.05) is 13.1 Å². The Kier molecular flexibility index (Phi) is 4.57. The fraction of sp³-hybridized carbons (Fsp3) is 0.522. The summed E-state index contributed by atoms with van der Waals surface area (Å²) in [5.41, 5.74) is 3.26. The summed E-state index contributed by atoms with van der Waals surface area (Å²) in [7, 11) is 0. The lowest BCUT2D eigenvalue weighted by atomic mass is 9.73. The number of nitrogens with zero attached hydrogens (tertiary/aromatic N) is 1. The van der Waals surface area contributed by atoms with Crippen LogP contribution in [-0.4, -0.2) is 29.9 Å². The summed E-state index contributed by atoms with van der Waals surface area (Å²) in [4.78, 5) is 16.5. The highest BCUT2D eigenvalue weighted by molar-refractivity contribution is 7.09. The average molecular weight is 381 g/mol. The van der Waals surface area contributed by atoms with Crippen LogP contribution in [0.5, 0.6) is 0 Å². The number of piperidine rings is 1. The maximum atomic E-state index is 12.4. The lowest BCUT2D eigenvalue weighted by Crippen LogP contribution is -2.41. The molecule has 3 nitrogen and oxygen atoms in total. The summed E-state index contributed by atoms with van der Waals surface area (Å²) in [5.74, 6) is 0.647. The number of hydrogen-bond acceptors (Lipinski definition) is 3.